The van der Waals surface area contributed by atoms with Gasteiger partial charge in [-0.2, -0.15) is 0 Å². The van der Waals surface area contributed by atoms with E-state index in [1.165, 1.54) is 4.90 Å². The molecule has 1 atom stereocenters. The molecule has 1 fully saturated rings. The van der Waals surface area contributed by atoms with Gasteiger partial charge in [-0.25, -0.2) is 9.59 Å². The number of carboxylic acid groups (broad SMARTS) is 1. The molecule has 6 nitrogen and oxygen atoms in total. The van der Waals surface area contributed by atoms with Crippen LogP contribution in [0, 0.1) is 0 Å². The van der Waals surface area contributed by atoms with Gasteiger partial charge in [-0.05, 0) is 34.6 Å². The van der Waals surface area contributed by atoms with E-state index < -0.39 is 29.2 Å². The largest absolute Gasteiger partial charge is 0.480 e. The smallest absolute Gasteiger partial charge is 0.411 e. The van der Waals surface area contributed by atoms with Crippen LogP contribution >= 0.6 is 0 Å². The van der Waals surface area contributed by atoms with Crippen LogP contribution in [0.15, 0.2) is 0 Å². The summed E-state index contributed by atoms with van der Waals surface area (Å²) in [6.45, 7) is 9.02. The first-order chi connectivity index (χ1) is 8.04. The molecule has 0 unspecified atom stereocenters. The van der Waals surface area contributed by atoms with E-state index in [1.807, 2.05) is 0 Å². The molecule has 0 radical (unpaired) electrons. The molecule has 18 heavy (non-hydrogen) atoms. The number of nitrogens with zero attached hydrogens (tertiary/aromatic N) is 1. The number of rotatable bonds is 1. The number of carbonyl (C=O) groups excluding carboxylic acids is 1. The highest BCUT2D eigenvalue weighted by Gasteiger charge is 2.45. The van der Waals surface area contributed by atoms with E-state index >= 15 is 0 Å². The Balaban J connectivity index is 2.97. The Labute approximate surface area is 107 Å². The lowest BCUT2D eigenvalue weighted by Crippen LogP contribution is -2.63. The summed E-state index contributed by atoms with van der Waals surface area (Å²) < 4.78 is 10.5. The van der Waals surface area contributed by atoms with Crippen molar-refractivity contribution in [2.75, 3.05) is 13.2 Å². The summed E-state index contributed by atoms with van der Waals surface area (Å²) in [7, 11) is 0. The lowest BCUT2D eigenvalue weighted by atomic mass is 9.99. The highest BCUT2D eigenvalue weighted by Crippen LogP contribution is 2.26. The van der Waals surface area contributed by atoms with Gasteiger partial charge < -0.3 is 14.6 Å². The van der Waals surface area contributed by atoms with Crippen LogP contribution in [0.1, 0.15) is 34.6 Å². The van der Waals surface area contributed by atoms with E-state index in [1.54, 1.807) is 34.6 Å². The second kappa shape index (κ2) is 4.76. The minimum atomic E-state index is -1.09. The van der Waals surface area contributed by atoms with Crippen molar-refractivity contribution in [1.82, 2.24) is 4.90 Å². The molecule has 1 aliphatic heterocycles. The number of hydrogen-bond acceptors (Lipinski definition) is 4. The lowest BCUT2D eigenvalue weighted by Gasteiger charge is -2.45. The Morgan fingerprint density at radius 1 is 1.39 bits per heavy atom. The van der Waals surface area contributed by atoms with Crippen molar-refractivity contribution in [3.05, 3.63) is 0 Å². The summed E-state index contributed by atoms with van der Waals surface area (Å²) in [6.07, 6.45) is -0.622. The molecule has 104 valence electrons. The summed E-state index contributed by atoms with van der Waals surface area (Å²) in [4.78, 5) is 24.6. The predicted molar refractivity (Wildman–Crippen MR) is 64.4 cm³/mol. The minimum absolute atomic E-state index is 0.0159. The Hall–Kier alpha value is -1.30. The molecule has 6 heteroatoms. The highest BCUT2D eigenvalue weighted by molar-refractivity contribution is 5.81. The fraction of sp³-hybridized carbons (Fsp3) is 0.833. The van der Waals surface area contributed by atoms with Gasteiger partial charge in [-0.1, -0.05) is 0 Å². The third kappa shape index (κ3) is 3.35. The van der Waals surface area contributed by atoms with Gasteiger partial charge in [0.2, 0.25) is 0 Å². The number of hydrogen-bond donors (Lipinski definition) is 1. The molecule has 1 aliphatic rings. The van der Waals surface area contributed by atoms with Crippen LogP contribution in [0.2, 0.25) is 0 Å². The van der Waals surface area contributed by atoms with Crippen LogP contribution in [-0.2, 0) is 14.3 Å². The third-order valence-electron chi connectivity index (χ3n) is 2.57. The van der Waals surface area contributed by atoms with Crippen molar-refractivity contribution >= 4 is 12.1 Å². The molecule has 1 heterocycles. The number of carbonyl (C=O) groups is 2. The van der Waals surface area contributed by atoms with Crippen molar-refractivity contribution in [3.63, 3.8) is 0 Å². The monoisotopic (exact) mass is 259 g/mol. The van der Waals surface area contributed by atoms with Crippen LogP contribution in [0.25, 0.3) is 0 Å². The molecule has 0 aliphatic carbocycles. The average Bonchev–Trinajstić information content (AvgIpc) is 2.12. The Bertz CT molecular complexity index is 345. The first kappa shape index (κ1) is 14.8. The van der Waals surface area contributed by atoms with E-state index in [4.69, 9.17) is 14.6 Å². The Morgan fingerprint density at radius 2 is 1.94 bits per heavy atom. The molecule has 0 aromatic carbocycles. The Kier molecular flexibility index (Phi) is 3.90. The van der Waals surface area contributed by atoms with Crippen LogP contribution in [0.4, 0.5) is 4.79 Å². The molecule has 1 amide bonds. The van der Waals surface area contributed by atoms with Gasteiger partial charge in [0.25, 0.3) is 0 Å². The quantitative estimate of drug-likeness (QED) is 0.772. The number of aliphatic carboxylic acids is 1. The van der Waals surface area contributed by atoms with E-state index in [2.05, 4.69) is 0 Å². The lowest BCUT2D eigenvalue weighted by molar-refractivity contribution is -0.157. The van der Waals surface area contributed by atoms with Crippen LogP contribution in [0.3, 0.4) is 0 Å². The van der Waals surface area contributed by atoms with Crippen LogP contribution in [-0.4, -0.2) is 52.5 Å². The molecule has 0 bridgehead atoms. The maximum Gasteiger partial charge on any atom is 0.411 e. The van der Waals surface area contributed by atoms with Gasteiger partial charge in [-0.3, -0.25) is 4.90 Å². The molecule has 1 rings (SSSR count). The first-order valence-electron chi connectivity index (χ1n) is 5.87. The number of ether oxygens (including phenoxy) is 2. The van der Waals surface area contributed by atoms with Gasteiger partial charge in [0.15, 0.2) is 6.04 Å². The van der Waals surface area contributed by atoms with Gasteiger partial charge in [0.05, 0.1) is 18.8 Å². The van der Waals surface area contributed by atoms with E-state index in [9.17, 15) is 9.59 Å². The topological polar surface area (TPSA) is 76.1 Å². The maximum absolute atomic E-state index is 12.1. The average molecular weight is 259 g/mol. The van der Waals surface area contributed by atoms with Gasteiger partial charge in [-0.15, -0.1) is 0 Å². The fourth-order valence-corrected chi connectivity index (χ4v) is 1.85. The maximum atomic E-state index is 12.1. The standard InChI is InChI=1S/C12H21NO5/c1-11(2,3)18-10(16)13-8(9(14)15)6-17-7-12(13,4)5/h8H,6-7H2,1-5H3,(H,14,15)/t8-/m0/s1. The van der Waals surface area contributed by atoms with Gasteiger partial charge in [0, 0.05) is 0 Å². The summed E-state index contributed by atoms with van der Waals surface area (Å²) in [5, 5.41) is 9.16. The predicted octanol–water partition coefficient (Wildman–Crippen LogP) is 1.49. The van der Waals surface area contributed by atoms with Crippen molar-refractivity contribution in [2.45, 2.75) is 51.8 Å². The zero-order valence-electron chi connectivity index (χ0n) is 11.5. The summed E-state index contributed by atoms with van der Waals surface area (Å²) in [5.41, 5.74) is -1.36. The zero-order chi connectivity index (χ0) is 14.1. The van der Waals surface area contributed by atoms with E-state index in [0.717, 1.165) is 0 Å². The third-order valence-corrected chi connectivity index (χ3v) is 2.57. The molecule has 0 aromatic heterocycles. The first-order valence-corrected chi connectivity index (χ1v) is 5.87. The van der Waals surface area contributed by atoms with E-state index in [0.29, 0.717) is 0 Å². The van der Waals surface area contributed by atoms with Crippen LogP contribution in [0.5, 0.6) is 0 Å². The summed E-state index contributed by atoms with van der Waals surface area (Å²) in [5.74, 6) is -1.09. The molecule has 1 saturated heterocycles. The minimum Gasteiger partial charge on any atom is -0.480 e. The van der Waals surface area contributed by atoms with Crippen molar-refractivity contribution < 1.29 is 24.2 Å². The molecular weight excluding hydrogens is 238 g/mol. The normalized spacial score (nSPS) is 23.6. The SMILES string of the molecule is CC(C)(C)OC(=O)N1[C@H](C(=O)O)COCC1(C)C. The molecule has 0 saturated carbocycles. The van der Waals surface area contributed by atoms with Gasteiger partial charge in [0.1, 0.15) is 5.60 Å². The zero-order valence-corrected chi connectivity index (χ0v) is 11.5. The van der Waals surface area contributed by atoms with Crippen LogP contribution < -0.4 is 0 Å². The Morgan fingerprint density at radius 3 is 2.39 bits per heavy atom. The number of carboxylic acids is 1. The molecule has 0 spiro atoms. The number of morpholine rings is 1. The molecule has 1 N–H and O–H groups in total. The fourth-order valence-electron chi connectivity index (χ4n) is 1.85. The van der Waals surface area contributed by atoms with E-state index in [-0.39, 0.29) is 13.2 Å². The number of amides is 1. The second-order valence-electron chi connectivity index (χ2n) is 6.03. The highest BCUT2D eigenvalue weighted by atomic mass is 16.6. The van der Waals surface area contributed by atoms with Gasteiger partial charge >= 0.3 is 12.1 Å². The molecule has 0 aromatic rings. The summed E-state index contributed by atoms with van der Waals surface area (Å²) >= 11 is 0. The molecular formula is C12H21NO5. The summed E-state index contributed by atoms with van der Waals surface area (Å²) in [6, 6.07) is -1.01. The van der Waals surface area contributed by atoms with Crippen molar-refractivity contribution in [1.29, 1.82) is 0 Å². The second-order valence-corrected chi connectivity index (χ2v) is 6.03. The van der Waals surface area contributed by atoms with Crippen molar-refractivity contribution in [2.24, 2.45) is 0 Å². The van der Waals surface area contributed by atoms with Crippen molar-refractivity contribution in [3.8, 4) is 0 Å².